The van der Waals surface area contributed by atoms with Gasteiger partial charge in [0, 0.05) is 35.4 Å². The topological polar surface area (TPSA) is 87.2 Å². The van der Waals surface area contributed by atoms with E-state index in [9.17, 15) is 13.2 Å². The number of alkyl halides is 3. The number of halogens is 3. The SMILES string of the molecule is COc1cc2c(NC3CCN(C)CC3)c3c(nc2cc1OCCCN1CCCC1)CCC3.O=C(O)C(F)(F)F. The number of anilines is 1. The number of likely N-dealkylation sites (tertiary alicyclic amines) is 2. The standard InChI is InChI=1S/C26H38N4O2.C2HF3O2/c1-29-14-9-19(10-15-29)27-26-20-7-5-8-22(20)28-23-18-25(24(31-2)17-21(23)26)32-16-6-13-30-11-3-4-12-30;3-2(4,5)1(6)7/h17-19H,3-16H2,1-2H3,(H,27,28);(H,6,7). The number of aliphatic carboxylic acids is 1. The van der Waals surface area contributed by atoms with Crippen LogP contribution in [0.15, 0.2) is 12.1 Å². The zero-order chi connectivity index (χ0) is 28.0. The Labute approximate surface area is 227 Å². The van der Waals surface area contributed by atoms with Crippen molar-refractivity contribution in [1.82, 2.24) is 14.8 Å². The quantitative estimate of drug-likeness (QED) is 0.455. The number of hydrogen-bond donors (Lipinski definition) is 2. The third-order valence-electron chi connectivity index (χ3n) is 7.68. The maximum Gasteiger partial charge on any atom is 0.490 e. The van der Waals surface area contributed by atoms with E-state index in [1.165, 1.54) is 67.5 Å². The number of benzene rings is 1. The van der Waals surface area contributed by atoms with Crippen LogP contribution in [-0.2, 0) is 17.6 Å². The lowest BCUT2D eigenvalue weighted by atomic mass is 10.0. The van der Waals surface area contributed by atoms with Gasteiger partial charge in [0.1, 0.15) is 0 Å². The number of ether oxygens (including phenoxy) is 2. The van der Waals surface area contributed by atoms with E-state index in [0.717, 1.165) is 55.9 Å². The lowest BCUT2D eigenvalue weighted by Gasteiger charge is -2.31. The highest BCUT2D eigenvalue weighted by Crippen LogP contribution is 2.40. The molecule has 1 aromatic carbocycles. The Bertz CT molecular complexity index is 1130. The number of piperidine rings is 1. The summed E-state index contributed by atoms with van der Waals surface area (Å²) in [6, 6.07) is 4.77. The Hall–Kier alpha value is -2.79. The third kappa shape index (κ3) is 7.66. The molecule has 0 radical (unpaired) electrons. The Morgan fingerprint density at radius 1 is 1.10 bits per heavy atom. The van der Waals surface area contributed by atoms with Gasteiger partial charge in [-0.2, -0.15) is 13.2 Å². The van der Waals surface area contributed by atoms with Crippen molar-refractivity contribution in [2.75, 3.05) is 58.8 Å². The second-order valence-electron chi connectivity index (χ2n) is 10.6. The van der Waals surface area contributed by atoms with Crippen LogP contribution < -0.4 is 14.8 Å². The number of pyridine rings is 1. The predicted octanol–water partition coefficient (Wildman–Crippen LogP) is 4.74. The number of hydrogen-bond acceptors (Lipinski definition) is 7. The van der Waals surface area contributed by atoms with Gasteiger partial charge >= 0.3 is 12.1 Å². The first-order chi connectivity index (χ1) is 18.7. The molecule has 0 amide bonds. The van der Waals surface area contributed by atoms with E-state index in [-0.39, 0.29) is 0 Å². The lowest BCUT2D eigenvalue weighted by Crippen LogP contribution is -2.37. The summed E-state index contributed by atoms with van der Waals surface area (Å²) in [6.45, 7) is 6.61. The highest BCUT2D eigenvalue weighted by molar-refractivity contribution is 5.96. The van der Waals surface area contributed by atoms with Gasteiger partial charge < -0.3 is 29.7 Å². The van der Waals surface area contributed by atoms with E-state index in [2.05, 4.69) is 34.3 Å². The molecule has 2 fully saturated rings. The smallest absolute Gasteiger partial charge is 0.490 e. The number of carboxylic acids is 1. The summed E-state index contributed by atoms with van der Waals surface area (Å²) in [6.07, 6.45) is 4.39. The van der Waals surface area contributed by atoms with Crippen LogP contribution in [-0.4, -0.2) is 91.6 Å². The number of fused-ring (bicyclic) bond motifs is 2. The molecule has 0 unspecified atom stereocenters. The number of carboxylic acid groups (broad SMARTS) is 1. The van der Waals surface area contributed by atoms with Crippen molar-refractivity contribution in [2.24, 2.45) is 0 Å². The first kappa shape index (κ1) is 29.2. The molecule has 2 saturated heterocycles. The fourth-order valence-corrected chi connectivity index (χ4v) is 5.54. The normalized spacial score (nSPS) is 18.5. The van der Waals surface area contributed by atoms with Crippen molar-refractivity contribution in [3.8, 4) is 11.5 Å². The zero-order valence-corrected chi connectivity index (χ0v) is 22.8. The van der Waals surface area contributed by atoms with Gasteiger partial charge in [0.15, 0.2) is 11.5 Å². The van der Waals surface area contributed by atoms with E-state index >= 15 is 0 Å². The molecule has 3 aliphatic rings. The largest absolute Gasteiger partial charge is 0.493 e. The highest BCUT2D eigenvalue weighted by atomic mass is 19.4. The molecule has 0 bridgehead atoms. The third-order valence-corrected chi connectivity index (χ3v) is 7.68. The van der Waals surface area contributed by atoms with Crippen molar-refractivity contribution in [1.29, 1.82) is 0 Å². The molecule has 2 aromatic rings. The van der Waals surface area contributed by atoms with Crippen LogP contribution in [0, 0.1) is 0 Å². The Morgan fingerprint density at radius 2 is 1.79 bits per heavy atom. The summed E-state index contributed by atoms with van der Waals surface area (Å²) < 4.78 is 43.7. The predicted molar refractivity (Wildman–Crippen MR) is 144 cm³/mol. The van der Waals surface area contributed by atoms with Gasteiger partial charge in [0.2, 0.25) is 0 Å². The number of aryl methyl sites for hydroxylation is 1. The minimum absolute atomic E-state index is 0.522. The minimum Gasteiger partial charge on any atom is -0.493 e. The van der Waals surface area contributed by atoms with Crippen LogP contribution in [0.1, 0.15) is 49.8 Å². The van der Waals surface area contributed by atoms with Gasteiger partial charge in [-0.1, -0.05) is 0 Å². The minimum atomic E-state index is -5.08. The fourth-order valence-electron chi connectivity index (χ4n) is 5.54. The van der Waals surface area contributed by atoms with Crippen molar-refractivity contribution >= 4 is 22.6 Å². The number of carbonyl (C=O) groups is 1. The summed E-state index contributed by atoms with van der Waals surface area (Å²) in [5, 5.41) is 12.2. The molecule has 0 atom stereocenters. The van der Waals surface area contributed by atoms with E-state index < -0.39 is 12.1 Å². The molecule has 8 nitrogen and oxygen atoms in total. The van der Waals surface area contributed by atoms with E-state index in [4.69, 9.17) is 24.4 Å². The molecule has 0 spiro atoms. The zero-order valence-electron chi connectivity index (χ0n) is 22.8. The molecule has 11 heteroatoms. The second-order valence-corrected chi connectivity index (χ2v) is 10.6. The maximum absolute atomic E-state index is 10.6. The van der Waals surface area contributed by atoms with Crippen molar-refractivity contribution in [2.45, 2.75) is 63.6 Å². The Balaban J connectivity index is 0.000000448. The number of methoxy groups -OCH3 is 1. The molecule has 216 valence electrons. The molecule has 1 aromatic heterocycles. The highest BCUT2D eigenvalue weighted by Gasteiger charge is 2.38. The fraction of sp³-hybridized carbons (Fsp3) is 0.643. The van der Waals surface area contributed by atoms with Gasteiger partial charge in [0.25, 0.3) is 0 Å². The Morgan fingerprint density at radius 3 is 2.44 bits per heavy atom. The van der Waals surface area contributed by atoms with E-state index in [1.807, 2.05) is 0 Å². The summed E-state index contributed by atoms with van der Waals surface area (Å²) in [4.78, 5) is 18.9. The molecular weight excluding hydrogens is 513 g/mol. The second kappa shape index (κ2) is 13.0. The van der Waals surface area contributed by atoms with Crippen LogP contribution in [0.4, 0.5) is 18.9 Å². The van der Waals surface area contributed by atoms with Gasteiger partial charge in [-0.25, -0.2) is 4.79 Å². The summed E-state index contributed by atoms with van der Waals surface area (Å²) in [7, 11) is 3.95. The summed E-state index contributed by atoms with van der Waals surface area (Å²) >= 11 is 0. The molecular formula is C28H39F3N4O4. The Kier molecular flexibility index (Phi) is 9.76. The van der Waals surface area contributed by atoms with Crippen LogP contribution in [0.25, 0.3) is 10.9 Å². The van der Waals surface area contributed by atoms with Crippen LogP contribution in [0.5, 0.6) is 11.5 Å². The number of aromatic nitrogens is 1. The monoisotopic (exact) mass is 552 g/mol. The number of rotatable bonds is 8. The van der Waals surface area contributed by atoms with Gasteiger partial charge in [-0.15, -0.1) is 0 Å². The van der Waals surface area contributed by atoms with Gasteiger partial charge in [0.05, 0.1) is 19.2 Å². The molecule has 0 saturated carbocycles. The number of nitrogens with zero attached hydrogens (tertiary/aromatic N) is 3. The van der Waals surface area contributed by atoms with Gasteiger partial charge in [-0.05, 0) is 96.2 Å². The first-order valence-corrected chi connectivity index (χ1v) is 13.8. The average Bonchev–Trinajstić information content (AvgIpc) is 3.59. The lowest BCUT2D eigenvalue weighted by molar-refractivity contribution is -0.192. The van der Waals surface area contributed by atoms with Crippen molar-refractivity contribution in [3.05, 3.63) is 23.4 Å². The van der Waals surface area contributed by atoms with Crippen LogP contribution in [0.2, 0.25) is 0 Å². The first-order valence-electron chi connectivity index (χ1n) is 13.8. The van der Waals surface area contributed by atoms with Crippen LogP contribution in [0.3, 0.4) is 0 Å². The average molecular weight is 553 g/mol. The molecule has 2 aliphatic heterocycles. The molecule has 3 heterocycles. The summed E-state index contributed by atoms with van der Waals surface area (Å²) in [5.74, 6) is -1.13. The van der Waals surface area contributed by atoms with Crippen LogP contribution >= 0.6 is 0 Å². The maximum atomic E-state index is 10.6. The van der Waals surface area contributed by atoms with Crippen molar-refractivity contribution in [3.63, 3.8) is 0 Å². The molecule has 2 N–H and O–H groups in total. The molecule has 5 rings (SSSR count). The summed E-state index contributed by atoms with van der Waals surface area (Å²) in [5.41, 5.74) is 4.99. The molecule has 39 heavy (non-hydrogen) atoms. The van der Waals surface area contributed by atoms with Crippen molar-refractivity contribution < 1.29 is 32.5 Å². The van der Waals surface area contributed by atoms with E-state index in [1.54, 1.807) is 7.11 Å². The molecule has 1 aliphatic carbocycles. The van der Waals surface area contributed by atoms with Gasteiger partial charge in [-0.3, -0.25) is 4.98 Å². The number of nitrogens with one attached hydrogen (secondary N) is 1. The van der Waals surface area contributed by atoms with E-state index in [0.29, 0.717) is 12.6 Å².